The number of amides is 1. The van der Waals surface area contributed by atoms with Gasteiger partial charge in [0.05, 0.1) is 30.9 Å². The van der Waals surface area contributed by atoms with E-state index in [1.165, 1.54) is 29.7 Å². The molecule has 466 valence electrons. The monoisotopic (exact) mass is 1170 g/mol. The Kier molecular flexibility index (Phi) is 25.4. The predicted molar refractivity (Wildman–Crippen MR) is 348 cm³/mol. The fraction of sp³-hybridized carbons (Fsp3) is 0.609. The van der Waals surface area contributed by atoms with Crippen molar-refractivity contribution in [3.63, 3.8) is 0 Å². The van der Waals surface area contributed by atoms with E-state index in [-0.39, 0.29) is 36.1 Å². The zero-order valence-electron chi connectivity index (χ0n) is 54.2. The van der Waals surface area contributed by atoms with Crippen LogP contribution in [0.15, 0.2) is 58.0 Å². The van der Waals surface area contributed by atoms with Crippen molar-refractivity contribution < 1.29 is 24.9 Å². The van der Waals surface area contributed by atoms with Gasteiger partial charge in [-0.25, -0.2) is 4.79 Å². The molecule has 16 heteroatoms. The first-order chi connectivity index (χ1) is 40.3. The number of aryl methyl sites for hydroxylation is 1. The molecule has 1 aromatic heterocycles. The van der Waals surface area contributed by atoms with E-state index in [9.17, 15) is 29.7 Å². The number of aromatic amines is 1. The number of benzene rings is 2. The van der Waals surface area contributed by atoms with E-state index in [0.717, 1.165) is 96.5 Å². The van der Waals surface area contributed by atoms with Gasteiger partial charge in [0.25, 0.3) is 11.5 Å². The van der Waals surface area contributed by atoms with Crippen LogP contribution in [0.5, 0.6) is 0 Å². The van der Waals surface area contributed by atoms with Gasteiger partial charge in [-0.1, -0.05) is 51.4 Å². The minimum Gasteiger partial charge on any atom is -0.478 e. The van der Waals surface area contributed by atoms with Crippen LogP contribution in [0, 0.1) is 50.4 Å². The number of aliphatic hydroxyl groups is 2. The molecule has 1 atom stereocenters. The molecular weight excluding hydrogens is 1060 g/mol. The van der Waals surface area contributed by atoms with E-state index in [4.69, 9.17) is 5.73 Å². The summed E-state index contributed by atoms with van der Waals surface area (Å²) >= 11 is 0. The number of carboxylic acid groups (broad SMARTS) is 1. The lowest BCUT2D eigenvalue weighted by Gasteiger charge is -2.40. The number of nitrogens with one attached hydrogen (secondary N) is 3. The lowest BCUT2D eigenvalue weighted by Crippen LogP contribution is -2.50. The number of rotatable bonds is 17. The first kappa shape index (κ1) is 68.2. The molecule has 2 aromatic carbocycles. The van der Waals surface area contributed by atoms with Gasteiger partial charge in [0.1, 0.15) is 0 Å². The molecule has 8 N–H and O–H groups in total. The van der Waals surface area contributed by atoms with Crippen LogP contribution in [-0.4, -0.2) is 181 Å². The highest BCUT2D eigenvalue weighted by Crippen LogP contribution is 2.35. The molecule has 16 nitrogen and oxygen atoms in total. The summed E-state index contributed by atoms with van der Waals surface area (Å²) in [6.45, 7) is 29.3. The maximum Gasteiger partial charge on any atom is 0.336 e. The number of nitrogens with two attached hydrogens (primary N) is 1. The van der Waals surface area contributed by atoms with Crippen molar-refractivity contribution in [3.8, 4) is 23.7 Å². The molecule has 4 fully saturated rings. The SMILES string of the molecule is CC1=CC(C(C)C)=C(CN)C(C)N1.CCN(c1cc(C#CCN2CC(O)C2)cc(C(=O)NCc2c(C(C)C)cc(C)[nH]c2=O)c1C)C1CCC(N(C)C)CC1.CCN(c1cc(C#CCN2CC(O)C2)cc(C(=O)O)c1C)C1CCC(N(C)C)CC1. The number of H-pyrrole nitrogens is 1. The number of carbonyl (C=O) groups is 2. The maximum atomic E-state index is 13.7. The lowest BCUT2D eigenvalue weighted by atomic mass is 9.88. The molecule has 5 aliphatic rings. The van der Waals surface area contributed by atoms with Gasteiger partial charge in [-0.05, 0) is 204 Å². The van der Waals surface area contributed by atoms with Crippen molar-refractivity contribution in [3.05, 3.63) is 114 Å². The third-order valence-electron chi connectivity index (χ3n) is 18.1. The number of hydrogen-bond acceptors (Lipinski definition) is 13. The summed E-state index contributed by atoms with van der Waals surface area (Å²) in [5.41, 5.74) is 18.2. The molecule has 1 unspecified atom stereocenters. The topological polar surface area (TPSA) is 197 Å². The van der Waals surface area contributed by atoms with Crippen LogP contribution in [0.2, 0.25) is 0 Å². The predicted octanol–water partition coefficient (Wildman–Crippen LogP) is 7.99. The molecule has 0 spiro atoms. The number of aromatic nitrogens is 1. The molecule has 3 aromatic rings. The summed E-state index contributed by atoms with van der Waals surface area (Å²) in [6.07, 6.45) is 10.8. The summed E-state index contributed by atoms with van der Waals surface area (Å²) in [6, 6.07) is 12.2. The number of hydrogen-bond donors (Lipinski definition) is 7. The van der Waals surface area contributed by atoms with E-state index >= 15 is 0 Å². The maximum absolute atomic E-state index is 13.7. The van der Waals surface area contributed by atoms with Crippen molar-refractivity contribution in [1.82, 2.24) is 35.2 Å². The zero-order valence-corrected chi connectivity index (χ0v) is 54.2. The van der Waals surface area contributed by atoms with E-state index in [1.807, 2.05) is 32.9 Å². The van der Waals surface area contributed by atoms with Gasteiger partial charge >= 0.3 is 5.97 Å². The van der Waals surface area contributed by atoms with Crippen molar-refractivity contribution in [2.45, 2.75) is 182 Å². The van der Waals surface area contributed by atoms with Gasteiger partial charge < -0.3 is 56.3 Å². The first-order valence-electron chi connectivity index (χ1n) is 31.4. The second kappa shape index (κ2) is 31.6. The Balaban J connectivity index is 0.000000233. The van der Waals surface area contributed by atoms with Crippen molar-refractivity contribution in [1.29, 1.82) is 0 Å². The van der Waals surface area contributed by atoms with Gasteiger partial charge in [0.2, 0.25) is 0 Å². The second-order valence-corrected chi connectivity index (χ2v) is 25.4. The quantitative estimate of drug-likeness (QED) is 0.0643. The number of dihydropyridines is 1. The Hall–Kier alpha value is -5.95. The van der Waals surface area contributed by atoms with E-state index in [0.29, 0.717) is 98.6 Å². The average Bonchev–Trinajstić information content (AvgIpc) is 2.30. The van der Waals surface area contributed by atoms with Gasteiger partial charge in [-0.15, -0.1) is 0 Å². The van der Waals surface area contributed by atoms with E-state index in [2.05, 4.69) is 170 Å². The molecule has 0 bridgehead atoms. The number of nitrogens with zero attached hydrogens (tertiary/aromatic N) is 6. The van der Waals surface area contributed by atoms with Crippen LogP contribution in [-0.2, 0) is 6.54 Å². The number of β-amino-alcohol motifs (C(OH)–C–C–N with tert-alkyl or cyclic N) is 2. The molecule has 4 heterocycles. The molecule has 2 saturated heterocycles. The Labute approximate surface area is 509 Å². The Morgan fingerprint density at radius 3 is 1.54 bits per heavy atom. The Morgan fingerprint density at radius 2 is 1.14 bits per heavy atom. The average molecular weight is 1170 g/mol. The van der Waals surface area contributed by atoms with Gasteiger partial charge in [-0.2, -0.15) is 0 Å². The van der Waals surface area contributed by atoms with Crippen molar-refractivity contribution >= 4 is 23.3 Å². The summed E-state index contributed by atoms with van der Waals surface area (Å²) < 4.78 is 0. The molecule has 3 aliphatic heterocycles. The molecule has 8 rings (SSSR count). The van der Waals surface area contributed by atoms with Gasteiger partial charge in [-0.3, -0.25) is 19.4 Å². The number of pyridine rings is 1. The van der Waals surface area contributed by atoms with Crippen molar-refractivity contribution in [2.24, 2.45) is 11.7 Å². The zero-order chi connectivity index (χ0) is 62.4. The third-order valence-corrected chi connectivity index (χ3v) is 18.1. The number of allylic oxidation sites excluding steroid dienone is 3. The Morgan fingerprint density at radius 1 is 0.694 bits per heavy atom. The van der Waals surface area contributed by atoms with Gasteiger partial charge in [0.15, 0.2) is 0 Å². The van der Waals surface area contributed by atoms with Crippen LogP contribution in [0.3, 0.4) is 0 Å². The second-order valence-electron chi connectivity index (χ2n) is 25.4. The first-order valence-corrected chi connectivity index (χ1v) is 31.4. The fourth-order valence-electron chi connectivity index (χ4n) is 13.1. The number of aliphatic hydroxyl groups excluding tert-OH is 2. The summed E-state index contributed by atoms with van der Waals surface area (Å²) in [7, 11) is 8.62. The van der Waals surface area contributed by atoms with E-state index < -0.39 is 5.97 Å². The normalized spacial score (nSPS) is 21.0. The van der Waals surface area contributed by atoms with Crippen LogP contribution >= 0.6 is 0 Å². The molecular formula is C69H104N10O6. The molecule has 1 amide bonds. The number of carboxylic acids is 1. The number of carbonyl (C=O) groups excluding carboxylic acids is 1. The standard InChI is InChI=1S/C34H49N5O3.C24H35N3O3.C11H20N2/c1-8-39(27-13-11-26(12-14-27)37(6)7)32-18-25(10-9-15-38-20-28(40)21-38)17-30(24(32)5)33(41)35-19-31-29(22(2)3)16-23(4)36-34(31)42;1-5-27(20-10-8-19(9-11-20)25(3)4)23-14-18(13-22(17(23)2)24(29)30)7-6-12-26-15-21(28)16-26;1-7(2)10-5-8(3)13-9(4)11(10)6-12/h16-18,22,26-28,40H,8,11-15,19-21H2,1-7H3,(H,35,41)(H,36,42);13-14,19-21,28H,5,8-12,15-16H2,1-4H3,(H,29,30);5,7,9,13H,6,12H2,1-4H3. The molecule has 2 saturated carbocycles. The highest BCUT2D eigenvalue weighted by atomic mass is 16.4. The minimum absolute atomic E-state index is 0.155. The van der Waals surface area contributed by atoms with Crippen LogP contribution in [0.4, 0.5) is 11.4 Å². The number of aromatic carboxylic acids is 1. The molecule has 0 radical (unpaired) electrons. The van der Waals surface area contributed by atoms with Crippen LogP contribution < -0.4 is 31.7 Å². The van der Waals surface area contributed by atoms with Crippen LogP contribution in [0.25, 0.3) is 0 Å². The third kappa shape index (κ3) is 18.3. The summed E-state index contributed by atoms with van der Waals surface area (Å²) in [5, 5.41) is 35.2. The highest BCUT2D eigenvalue weighted by molar-refractivity contribution is 5.97. The molecule has 2 aliphatic carbocycles. The lowest BCUT2D eigenvalue weighted by molar-refractivity contribution is 0.0109. The van der Waals surface area contributed by atoms with Crippen molar-refractivity contribution in [2.75, 3.05) is 96.9 Å². The van der Waals surface area contributed by atoms with Gasteiger partial charge in [0, 0.05) is 128 Å². The fourth-order valence-corrected chi connectivity index (χ4v) is 13.1. The smallest absolute Gasteiger partial charge is 0.336 e. The minimum atomic E-state index is -0.907. The molecule has 85 heavy (non-hydrogen) atoms. The summed E-state index contributed by atoms with van der Waals surface area (Å²) in [4.78, 5) is 55.0. The largest absolute Gasteiger partial charge is 0.478 e. The van der Waals surface area contributed by atoms with Crippen LogP contribution in [0.1, 0.15) is 172 Å². The highest BCUT2D eigenvalue weighted by Gasteiger charge is 2.31. The summed E-state index contributed by atoms with van der Waals surface area (Å²) in [5.74, 6) is 12.5. The number of likely N-dealkylation sites (tertiary alicyclic amines) is 2. The Bertz CT molecular complexity index is 3000. The number of anilines is 2. The van der Waals surface area contributed by atoms with E-state index in [1.54, 1.807) is 6.07 Å².